The van der Waals surface area contributed by atoms with Crippen molar-refractivity contribution in [2.24, 2.45) is 0 Å². The first-order chi connectivity index (χ1) is 15.7. The Balaban J connectivity index is 1.42. The molecule has 3 aromatic carbocycles. The third kappa shape index (κ3) is 4.15. The molecule has 1 aliphatic carbocycles. The molecule has 0 aliphatic heterocycles. The predicted molar refractivity (Wildman–Crippen MR) is 133 cm³/mol. The fraction of sp³-hybridized carbons (Fsp3) is 0.179. The molecule has 32 heavy (non-hydrogen) atoms. The molecule has 0 spiro atoms. The number of amides is 1. The number of hydrogen-bond acceptors (Lipinski definition) is 1. The fourth-order valence-electron chi connectivity index (χ4n) is 4.50. The van der Waals surface area contributed by atoms with Gasteiger partial charge in [0.25, 0.3) is 5.91 Å². The van der Waals surface area contributed by atoms with E-state index in [1.807, 2.05) is 36.4 Å². The van der Waals surface area contributed by atoms with Gasteiger partial charge in [-0.25, -0.2) is 0 Å². The molecule has 160 valence electrons. The largest absolute Gasteiger partial charge is 0.348 e. The van der Waals surface area contributed by atoms with Crippen molar-refractivity contribution in [3.05, 3.63) is 112 Å². The Morgan fingerprint density at radius 2 is 1.59 bits per heavy atom. The van der Waals surface area contributed by atoms with Gasteiger partial charge in [-0.3, -0.25) is 4.79 Å². The van der Waals surface area contributed by atoms with Crippen LogP contribution in [0.15, 0.2) is 89.4 Å². The summed E-state index contributed by atoms with van der Waals surface area (Å²) in [6.07, 6.45) is 4.71. The summed E-state index contributed by atoms with van der Waals surface area (Å²) in [5, 5.41) is 3.02. The molecule has 4 heteroatoms. The van der Waals surface area contributed by atoms with Gasteiger partial charge in [0.1, 0.15) is 0 Å². The first kappa shape index (κ1) is 20.8. The van der Waals surface area contributed by atoms with E-state index >= 15 is 0 Å². The maximum absolute atomic E-state index is 12.7. The van der Waals surface area contributed by atoms with Crippen LogP contribution in [-0.4, -0.2) is 10.5 Å². The van der Waals surface area contributed by atoms with Gasteiger partial charge < -0.3 is 9.88 Å². The monoisotopic (exact) mass is 484 g/mol. The number of hydrogen-bond donors (Lipinski definition) is 1. The van der Waals surface area contributed by atoms with Gasteiger partial charge in [0.2, 0.25) is 0 Å². The maximum Gasteiger partial charge on any atom is 0.251 e. The molecule has 5 rings (SSSR count). The first-order valence-electron chi connectivity index (χ1n) is 11.1. The average molecular weight is 485 g/mol. The number of fused-ring (bicyclic) bond motifs is 1. The number of aryl methyl sites for hydroxylation is 1. The zero-order valence-corrected chi connectivity index (χ0v) is 19.4. The quantitative estimate of drug-likeness (QED) is 0.335. The van der Waals surface area contributed by atoms with Crippen LogP contribution in [0.25, 0.3) is 16.9 Å². The molecule has 0 fully saturated rings. The van der Waals surface area contributed by atoms with E-state index in [0.717, 1.165) is 28.6 Å². The summed E-state index contributed by atoms with van der Waals surface area (Å²) in [6.45, 7) is 0.491. The third-order valence-corrected chi connectivity index (χ3v) is 6.93. The van der Waals surface area contributed by atoms with Crippen LogP contribution in [0.3, 0.4) is 0 Å². The van der Waals surface area contributed by atoms with Crippen molar-refractivity contribution >= 4 is 21.8 Å². The molecule has 0 radical (unpaired) electrons. The maximum atomic E-state index is 12.7. The summed E-state index contributed by atoms with van der Waals surface area (Å²) >= 11 is 3.54. The van der Waals surface area contributed by atoms with E-state index in [1.165, 1.54) is 35.4 Å². The van der Waals surface area contributed by atoms with Gasteiger partial charge >= 0.3 is 0 Å². The number of aromatic nitrogens is 1. The van der Waals surface area contributed by atoms with Crippen molar-refractivity contribution in [2.75, 3.05) is 0 Å². The molecule has 0 atom stereocenters. The summed E-state index contributed by atoms with van der Waals surface area (Å²) < 4.78 is 3.38. The zero-order valence-electron chi connectivity index (χ0n) is 17.9. The lowest BCUT2D eigenvalue weighted by molar-refractivity contribution is 0.0951. The summed E-state index contributed by atoms with van der Waals surface area (Å²) in [4.78, 5) is 12.7. The molecule has 3 nitrogen and oxygen atoms in total. The van der Waals surface area contributed by atoms with Crippen molar-refractivity contribution in [3.8, 4) is 16.9 Å². The van der Waals surface area contributed by atoms with Crippen LogP contribution in [0.5, 0.6) is 0 Å². The van der Waals surface area contributed by atoms with Gasteiger partial charge in [0.15, 0.2) is 0 Å². The second-order valence-electron chi connectivity index (χ2n) is 8.23. The minimum atomic E-state index is -0.0647. The highest BCUT2D eigenvalue weighted by Gasteiger charge is 2.20. The van der Waals surface area contributed by atoms with E-state index in [2.05, 4.69) is 74.3 Å². The first-order valence-corrected chi connectivity index (χ1v) is 11.9. The number of benzene rings is 3. The molecule has 4 aromatic rings. The average Bonchev–Trinajstić information content (AvgIpc) is 3.24. The van der Waals surface area contributed by atoms with E-state index in [-0.39, 0.29) is 5.91 Å². The number of carbonyl (C=O) groups is 1. The number of nitrogens with one attached hydrogen (secondary N) is 1. The van der Waals surface area contributed by atoms with E-state index in [4.69, 9.17) is 0 Å². The Hall–Kier alpha value is -3.11. The Kier molecular flexibility index (Phi) is 5.95. The molecule has 0 saturated carbocycles. The SMILES string of the molecule is O=C(NCc1ccccc1Br)c1ccc(-n2c(-c3ccccc3)cc3c2CCCC3)cc1. The minimum absolute atomic E-state index is 0.0647. The summed E-state index contributed by atoms with van der Waals surface area (Å²) in [5.74, 6) is -0.0647. The van der Waals surface area contributed by atoms with Crippen LogP contribution in [0.2, 0.25) is 0 Å². The molecular weight excluding hydrogens is 460 g/mol. The van der Waals surface area contributed by atoms with Gasteiger partial charge in [0.05, 0.1) is 5.69 Å². The van der Waals surface area contributed by atoms with Gasteiger partial charge in [-0.15, -0.1) is 0 Å². The van der Waals surface area contributed by atoms with Crippen LogP contribution in [0.4, 0.5) is 0 Å². The molecular formula is C28H25BrN2O. The topological polar surface area (TPSA) is 34.0 Å². The lowest BCUT2D eigenvalue weighted by Gasteiger charge is -2.18. The number of carbonyl (C=O) groups excluding carboxylic acids is 1. The van der Waals surface area contributed by atoms with Crippen molar-refractivity contribution in [1.82, 2.24) is 9.88 Å². The molecule has 0 saturated heterocycles. The van der Waals surface area contributed by atoms with Crippen LogP contribution in [-0.2, 0) is 19.4 Å². The Morgan fingerprint density at radius 1 is 0.875 bits per heavy atom. The normalized spacial score (nSPS) is 12.9. The van der Waals surface area contributed by atoms with Gasteiger partial charge in [-0.1, -0.05) is 64.5 Å². The van der Waals surface area contributed by atoms with E-state index in [9.17, 15) is 4.79 Å². The molecule has 0 bridgehead atoms. The molecule has 1 heterocycles. The van der Waals surface area contributed by atoms with Gasteiger partial charge in [0, 0.05) is 28.0 Å². The van der Waals surface area contributed by atoms with E-state index in [0.29, 0.717) is 12.1 Å². The van der Waals surface area contributed by atoms with Gasteiger partial charge in [-0.2, -0.15) is 0 Å². The van der Waals surface area contributed by atoms with E-state index < -0.39 is 0 Å². The minimum Gasteiger partial charge on any atom is -0.348 e. The van der Waals surface area contributed by atoms with Crippen LogP contribution < -0.4 is 5.32 Å². The highest BCUT2D eigenvalue weighted by molar-refractivity contribution is 9.10. The van der Waals surface area contributed by atoms with Gasteiger partial charge in [-0.05, 0) is 78.8 Å². The summed E-state index contributed by atoms with van der Waals surface area (Å²) in [7, 11) is 0. The molecule has 1 aromatic heterocycles. The second kappa shape index (κ2) is 9.17. The molecule has 0 unspecified atom stereocenters. The van der Waals surface area contributed by atoms with Crippen molar-refractivity contribution in [1.29, 1.82) is 0 Å². The standard InChI is InChI=1S/C28H25BrN2O/c29-25-12-6-4-11-23(25)19-30-28(32)21-14-16-24(17-15-21)31-26-13-7-5-10-22(26)18-27(31)20-8-2-1-3-9-20/h1-4,6,8-9,11-12,14-18H,5,7,10,13,19H2,(H,30,32). The molecule has 1 amide bonds. The molecule has 1 N–H and O–H groups in total. The zero-order chi connectivity index (χ0) is 21.9. The lowest BCUT2D eigenvalue weighted by atomic mass is 9.98. The van der Waals surface area contributed by atoms with Crippen LogP contribution in [0.1, 0.15) is 40.0 Å². The van der Waals surface area contributed by atoms with Crippen LogP contribution >= 0.6 is 15.9 Å². The smallest absolute Gasteiger partial charge is 0.251 e. The highest BCUT2D eigenvalue weighted by Crippen LogP contribution is 2.34. The van der Waals surface area contributed by atoms with Crippen molar-refractivity contribution < 1.29 is 4.79 Å². The summed E-state index contributed by atoms with van der Waals surface area (Å²) in [5.41, 5.74) is 8.13. The number of nitrogens with zero attached hydrogens (tertiary/aromatic N) is 1. The third-order valence-electron chi connectivity index (χ3n) is 6.16. The van der Waals surface area contributed by atoms with Crippen molar-refractivity contribution in [2.45, 2.75) is 32.2 Å². The molecule has 1 aliphatic rings. The van der Waals surface area contributed by atoms with Crippen LogP contribution in [0, 0.1) is 0 Å². The fourth-order valence-corrected chi connectivity index (χ4v) is 4.92. The summed E-state index contributed by atoms with van der Waals surface area (Å²) in [6, 6.07) is 28.8. The Bertz CT molecular complexity index is 1240. The second-order valence-corrected chi connectivity index (χ2v) is 9.09. The van der Waals surface area contributed by atoms with Crippen molar-refractivity contribution in [3.63, 3.8) is 0 Å². The highest BCUT2D eigenvalue weighted by atomic mass is 79.9. The van der Waals surface area contributed by atoms with E-state index in [1.54, 1.807) is 0 Å². The number of rotatable bonds is 5. The predicted octanol–water partition coefficient (Wildman–Crippen LogP) is 6.72. The lowest BCUT2D eigenvalue weighted by Crippen LogP contribution is -2.23. The Morgan fingerprint density at radius 3 is 2.38 bits per heavy atom. The Labute approximate surface area is 197 Å². The number of halogens is 1.